The van der Waals surface area contributed by atoms with Crippen molar-refractivity contribution in [3.63, 3.8) is 0 Å². The fourth-order valence-electron chi connectivity index (χ4n) is 2.49. The molecular formula is C14H20N6O3S. The molecule has 0 saturated heterocycles. The van der Waals surface area contributed by atoms with Crippen LogP contribution in [0.4, 0.5) is 0 Å². The highest BCUT2D eigenvalue weighted by molar-refractivity contribution is 7.86. The van der Waals surface area contributed by atoms with Gasteiger partial charge in [-0.1, -0.05) is 0 Å². The summed E-state index contributed by atoms with van der Waals surface area (Å²) in [5, 5.41) is 4.25. The van der Waals surface area contributed by atoms with Crippen molar-refractivity contribution in [3.8, 4) is 6.01 Å². The van der Waals surface area contributed by atoms with E-state index in [0.717, 1.165) is 11.4 Å². The molecule has 1 aliphatic heterocycles. The Hall–Kier alpha value is -2.04. The predicted octanol–water partition coefficient (Wildman–Crippen LogP) is 0.0511. The maximum Gasteiger partial charge on any atom is 0.316 e. The van der Waals surface area contributed by atoms with Gasteiger partial charge in [-0.15, -0.1) is 0 Å². The maximum absolute atomic E-state index is 12.6. The Morgan fingerprint density at radius 2 is 2.04 bits per heavy atom. The highest BCUT2D eigenvalue weighted by Gasteiger charge is 2.32. The molecule has 1 atom stereocenters. The molecule has 2 aromatic rings. The van der Waals surface area contributed by atoms with Gasteiger partial charge in [-0.2, -0.15) is 22.1 Å². The first kappa shape index (κ1) is 16.8. The van der Waals surface area contributed by atoms with E-state index in [1.165, 1.54) is 22.7 Å². The predicted molar refractivity (Wildman–Crippen MR) is 86.4 cm³/mol. The van der Waals surface area contributed by atoms with Crippen molar-refractivity contribution in [1.29, 1.82) is 0 Å². The third-order valence-corrected chi connectivity index (χ3v) is 5.61. The Labute approximate surface area is 141 Å². The van der Waals surface area contributed by atoms with Crippen LogP contribution in [0.15, 0.2) is 24.5 Å². The van der Waals surface area contributed by atoms with Gasteiger partial charge in [-0.3, -0.25) is 4.68 Å². The van der Waals surface area contributed by atoms with E-state index in [0.29, 0.717) is 6.54 Å². The highest BCUT2D eigenvalue weighted by Crippen LogP contribution is 2.19. The van der Waals surface area contributed by atoms with Crippen LogP contribution in [0.25, 0.3) is 0 Å². The van der Waals surface area contributed by atoms with Crippen molar-refractivity contribution in [2.75, 3.05) is 20.6 Å². The Morgan fingerprint density at radius 3 is 2.75 bits per heavy atom. The number of aromatic nitrogens is 4. The van der Waals surface area contributed by atoms with E-state index in [4.69, 9.17) is 4.74 Å². The molecule has 9 nitrogen and oxygen atoms in total. The zero-order valence-corrected chi connectivity index (χ0v) is 14.6. The lowest BCUT2D eigenvalue weighted by molar-refractivity contribution is 0.142. The zero-order chi connectivity index (χ0) is 17.3. The first-order valence-corrected chi connectivity index (χ1v) is 8.90. The molecule has 24 heavy (non-hydrogen) atoms. The minimum Gasteiger partial charge on any atom is -0.457 e. The SMILES string of the molecule is Cc1ccnc(OC2CN(S(=O)(=O)N(C)C)Cc3ccnn3C2)n1. The Bertz CT molecular complexity index is 819. The molecule has 0 radical (unpaired) electrons. The second-order valence-electron chi connectivity index (χ2n) is 5.81. The minimum absolute atomic E-state index is 0.196. The number of hydrogen-bond donors (Lipinski definition) is 0. The van der Waals surface area contributed by atoms with Gasteiger partial charge in [0.05, 0.1) is 25.3 Å². The third kappa shape index (κ3) is 3.40. The molecule has 1 unspecified atom stereocenters. The molecule has 0 bridgehead atoms. The first-order chi connectivity index (χ1) is 11.4. The van der Waals surface area contributed by atoms with Gasteiger partial charge in [0.2, 0.25) is 0 Å². The Balaban J connectivity index is 1.89. The largest absolute Gasteiger partial charge is 0.457 e. The van der Waals surface area contributed by atoms with E-state index in [-0.39, 0.29) is 19.1 Å². The van der Waals surface area contributed by atoms with Crippen molar-refractivity contribution in [3.05, 3.63) is 35.9 Å². The number of fused-ring (bicyclic) bond motifs is 1. The number of aryl methyl sites for hydroxylation is 1. The topological polar surface area (TPSA) is 93.5 Å². The van der Waals surface area contributed by atoms with Gasteiger partial charge in [0.1, 0.15) is 6.10 Å². The van der Waals surface area contributed by atoms with Crippen LogP contribution >= 0.6 is 0 Å². The molecule has 0 aromatic carbocycles. The van der Waals surface area contributed by atoms with Crippen LogP contribution in [0.1, 0.15) is 11.4 Å². The molecule has 2 aromatic heterocycles. The van der Waals surface area contributed by atoms with Crippen LogP contribution in [-0.4, -0.2) is 63.5 Å². The molecule has 0 amide bonds. The summed E-state index contributed by atoms with van der Waals surface area (Å²) in [6.07, 6.45) is 2.83. The zero-order valence-electron chi connectivity index (χ0n) is 13.8. The van der Waals surface area contributed by atoms with Gasteiger partial charge in [-0.25, -0.2) is 9.97 Å². The average molecular weight is 352 g/mol. The molecule has 10 heteroatoms. The molecule has 0 spiro atoms. The normalized spacial score (nSPS) is 19.1. The molecule has 0 fully saturated rings. The van der Waals surface area contributed by atoms with E-state index in [1.807, 2.05) is 13.0 Å². The van der Waals surface area contributed by atoms with E-state index in [9.17, 15) is 8.42 Å². The fraction of sp³-hybridized carbons (Fsp3) is 0.500. The highest BCUT2D eigenvalue weighted by atomic mass is 32.2. The summed E-state index contributed by atoms with van der Waals surface area (Å²) in [6.45, 7) is 2.71. The third-order valence-electron chi connectivity index (χ3n) is 3.76. The number of ether oxygens (including phenoxy) is 1. The molecule has 3 heterocycles. The van der Waals surface area contributed by atoms with Crippen molar-refractivity contribution >= 4 is 10.2 Å². The summed E-state index contributed by atoms with van der Waals surface area (Å²) in [6, 6.07) is 3.82. The van der Waals surface area contributed by atoms with Crippen molar-refractivity contribution in [2.45, 2.75) is 26.1 Å². The summed E-state index contributed by atoms with van der Waals surface area (Å²) in [7, 11) is -0.551. The molecule has 0 aliphatic carbocycles. The molecule has 3 rings (SSSR count). The van der Waals surface area contributed by atoms with Crippen LogP contribution in [0.2, 0.25) is 0 Å². The molecule has 0 N–H and O–H groups in total. The number of rotatable bonds is 4. The van der Waals surface area contributed by atoms with E-state index < -0.39 is 16.3 Å². The summed E-state index contributed by atoms with van der Waals surface area (Å²) >= 11 is 0. The maximum atomic E-state index is 12.6. The summed E-state index contributed by atoms with van der Waals surface area (Å²) < 4.78 is 35.3. The van der Waals surface area contributed by atoms with Crippen LogP contribution < -0.4 is 4.74 Å². The minimum atomic E-state index is -3.57. The lowest BCUT2D eigenvalue weighted by Gasteiger charge is -2.26. The van der Waals surface area contributed by atoms with Crippen molar-refractivity contribution in [2.24, 2.45) is 0 Å². The summed E-state index contributed by atoms with van der Waals surface area (Å²) in [5.41, 5.74) is 1.60. The molecule has 0 saturated carbocycles. The van der Waals surface area contributed by atoms with Gasteiger partial charge in [0.25, 0.3) is 10.2 Å². The second-order valence-corrected chi connectivity index (χ2v) is 7.95. The summed E-state index contributed by atoms with van der Waals surface area (Å²) in [4.78, 5) is 8.31. The standard InChI is InChI=1S/C14H20N6O3S/c1-11-4-6-15-14(17-11)23-13-9-19(24(21,22)18(2)3)8-12-5-7-16-20(12)10-13/h4-7,13H,8-10H2,1-3H3. The average Bonchev–Trinajstić information content (AvgIpc) is 2.86. The lowest BCUT2D eigenvalue weighted by atomic mass is 10.3. The van der Waals surface area contributed by atoms with E-state index in [2.05, 4.69) is 15.1 Å². The number of hydrogen-bond acceptors (Lipinski definition) is 6. The van der Waals surface area contributed by atoms with E-state index in [1.54, 1.807) is 23.1 Å². The smallest absolute Gasteiger partial charge is 0.316 e. The van der Waals surface area contributed by atoms with Crippen LogP contribution in [0, 0.1) is 6.92 Å². The molecule has 130 valence electrons. The Kier molecular flexibility index (Phi) is 4.52. The van der Waals surface area contributed by atoms with Gasteiger partial charge < -0.3 is 4.74 Å². The molecule has 1 aliphatic rings. The summed E-state index contributed by atoms with van der Waals surface area (Å²) in [5.74, 6) is 0. The second kappa shape index (κ2) is 6.46. The lowest BCUT2D eigenvalue weighted by Crippen LogP contribution is -2.44. The monoisotopic (exact) mass is 352 g/mol. The quantitative estimate of drug-likeness (QED) is 0.772. The van der Waals surface area contributed by atoms with Crippen LogP contribution in [0.3, 0.4) is 0 Å². The van der Waals surface area contributed by atoms with E-state index >= 15 is 0 Å². The fourth-order valence-corrected chi connectivity index (χ4v) is 3.61. The van der Waals surface area contributed by atoms with Gasteiger partial charge in [-0.05, 0) is 19.1 Å². The van der Waals surface area contributed by atoms with Gasteiger partial charge in [0, 0.05) is 32.2 Å². The van der Waals surface area contributed by atoms with Crippen molar-refractivity contribution < 1.29 is 13.2 Å². The van der Waals surface area contributed by atoms with Crippen LogP contribution in [-0.2, 0) is 23.3 Å². The van der Waals surface area contributed by atoms with Gasteiger partial charge >= 0.3 is 6.01 Å². The first-order valence-electron chi connectivity index (χ1n) is 7.51. The van der Waals surface area contributed by atoms with Crippen LogP contribution in [0.5, 0.6) is 6.01 Å². The van der Waals surface area contributed by atoms with Gasteiger partial charge in [0.15, 0.2) is 0 Å². The number of nitrogens with zero attached hydrogens (tertiary/aromatic N) is 6. The Morgan fingerprint density at radius 1 is 1.25 bits per heavy atom. The molecular weight excluding hydrogens is 332 g/mol. The van der Waals surface area contributed by atoms with Crippen molar-refractivity contribution in [1.82, 2.24) is 28.4 Å².